The number of para-hydroxylation sites is 2. The topological polar surface area (TPSA) is 36.9 Å². The second-order valence-corrected chi connectivity index (χ2v) is 19.3. The molecule has 0 unspecified atom stereocenters. The normalized spacial score (nSPS) is 15.9. The van der Waals surface area contributed by atoms with E-state index < -0.39 is 0 Å². The average Bonchev–Trinajstić information content (AvgIpc) is 3.68. The first-order valence-electron chi connectivity index (χ1n) is 19.6. The molecule has 286 valence electrons. The molecule has 1 aliphatic rings. The van der Waals surface area contributed by atoms with Crippen molar-refractivity contribution in [3.63, 3.8) is 0 Å². The number of pyridine rings is 1. The van der Waals surface area contributed by atoms with Crippen molar-refractivity contribution < 1.29 is 24.1 Å². The van der Waals surface area contributed by atoms with Gasteiger partial charge in [-0.05, 0) is 40.4 Å². The van der Waals surface area contributed by atoms with Gasteiger partial charge in [-0.3, -0.25) is 0 Å². The SMILES string of the molecule is Cc1ccnc(-n2c3cc(Oc4cccc(-n5[c](=[Pt])n(-c6ccc(C(C)(C)C)cc6)c6ccccc65)c4)ccc3c3ccc4c(c32)C(C)(C)C(C)(C)C4(C)C)c1. The van der Waals surface area contributed by atoms with Crippen LogP contribution in [0.1, 0.15) is 84.6 Å². The molecule has 6 heteroatoms. The van der Waals surface area contributed by atoms with E-state index in [4.69, 9.17) is 9.72 Å². The van der Waals surface area contributed by atoms with E-state index in [0.717, 1.165) is 49.0 Å². The maximum atomic E-state index is 6.79. The van der Waals surface area contributed by atoms with Crippen molar-refractivity contribution in [2.75, 3.05) is 0 Å². The molecule has 9 rings (SSSR count). The summed E-state index contributed by atoms with van der Waals surface area (Å²) in [6.07, 6.45) is 1.92. The molecule has 0 spiro atoms. The molecule has 0 amide bonds. The Labute approximate surface area is 341 Å². The van der Waals surface area contributed by atoms with Crippen LogP contribution < -0.4 is 4.74 Å². The summed E-state index contributed by atoms with van der Waals surface area (Å²) in [7, 11) is 0. The minimum atomic E-state index is -0.0880. The molecule has 8 aromatic rings. The Morgan fingerprint density at radius 3 is 1.95 bits per heavy atom. The van der Waals surface area contributed by atoms with Gasteiger partial charge in [0.25, 0.3) is 0 Å². The van der Waals surface area contributed by atoms with Crippen molar-refractivity contribution in [1.29, 1.82) is 0 Å². The van der Waals surface area contributed by atoms with Crippen LogP contribution in [0.25, 0.3) is 50.0 Å². The number of hydrogen-bond acceptors (Lipinski definition) is 2. The zero-order chi connectivity index (χ0) is 39.5. The van der Waals surface area contributed by atoms with Gasteiger partial charge in [-0.2, -0.15) is 0 Å². The van der Waals surface area contributed by atoms with Crippen LogP contribution in [0.4, 0.5) is 0 Å². The van der Waals surface area contributed by atoms with E-state index in [1.54, 1.807) is 0 Å². The molecule has 0 aliphatic heterocycles. The Hall–Kier alpha value is -4.99. The molecule has 56 heavy (non-hydrogen) atoms. The zero-order valence-electron chi connectivity index (χ0n) is 34.1. The van der Waals surface area contributed by atoms with Crippen molar-refractivity contribution in [2.45, 2.75) is 85.5 Å². The van der Waals surface area contributed by atoms with E-state index in [9.17, 15) is 0 Å². The van der Waals surface area contributed by atoms with Crippen molar-refractivity contribution >= 4 is 32.8 Å². The first-order valence-corrected chi connectivity index (χ1v) is 20.8. The fraction of sp³-hybridized carbons (Fsp3) is 0.280. The van der Waals surface area contributed by atoms with Gasteiger partial charge in [0.15, 0.2) is 0 Å². The van der Waals surface area contributed by atoms with Crippen LogP contribution in [0.3, 0.4) is 0 Å². The van der Waals surface area contributed by atoms with E-state index in [-0.39, 0.29) is 21.7 Å². The Kier molecular flexibility index (Phi) is 8.18. The minimum Gasteiger partial charge on any atom is -0.0582 e. The predicted octanol–water partition coefficient (Wildman–Crippen LogP) is 13.0. The van der Waals surface area contributed by atoms with E-state index in [2.05, 4.69) is 211 Å². The fourth-order valence-electron chi connectivity index (χ4n) is 9.15. The molecular weight excluding hydrogens is 868 g/mol. The number of rotatable bonds is 5. The second-order valence-electron chi connectivity index (χ2n) is 18.3. The predicted molar refractivity (Wildman–Crippen MR) is 228 cm³/mol. The number of imidazole rings is 1. The first kappa shape index (κ1) is 36.6. The van der Waals surface area contributed by atoms with Crippen LogP contribution >= 0.6 is 0 Å². The molecule has 0 N–H and O–H groups in total. The third-order valence-corrected chi connectivity index (χ3v) is 14.5. The molecule has 1 aliphatic carbocycles. The van der Waals surface area contributed by atoms with Crippen LogP contribution in [-0.4, -0.2) is 18.7 Å². The molecular formula is C50H50N4OPt. The van der Waals surface area contributed by atoms with Gasteiger partial charge in [0.05, 0.1) is 0 Å². The Morgan fingerprint density at radius 2 is 1.27 bits per heavy atom. The molecule has 0 bridgehead atoms. The van der Waals surface area contributed by atoms with Crippen LogP contribution in [0.15, 0.2) is 121 Å². The number of nitrogens with zero attached hydrogens (tertiary/aromatic N) is 4. The summed E-state index contributed by atoms with van der Waals surface area (Å²) in [6.45, 7) is 23.4. The molecule has 0 saturated heterocycles. The van der Waals surface area contributed by atoms with Gasteiger partial charge >= 0.3 is 249 Å². The van der Waals surface area contributed by atoms with Gasteiger partial charge in [-0.15, -0.1) is 0 Å². The molecule has 0 atom stereocenters. The van der Waals surface area contributed by atoms with Crippen LogP contribution in [-0.2, 0) is 35.6 Å². The number of benzene rings is 5. The number of aryl methyl sites for hydroxylation is 1. The van der Waals surface area contributed by atoms with Gasteiger partial charge in [0, 0.05) is 6.20 Å². The summed E-state index contributed by atoms with van der Waals surface area (Å²) >= 11 is 2.46. The van der Waals surface area contributed by atoms with Gasteiger partial charge in [0.1, 0.15) is 0 Å². The number of hydrogen-bond donors (Lipinski definition) is 0. The number of aromatic nitrogens is 4. The average molecular weight is 918 g/mol. The summed E-state index contributed by atoms with van der Waals surface area (Å²) in [5, 5.41) is 2.44. The summed E-state index contributed by atoms with van der Waals surface area (Å²) < 4.78 is 14.9. The molecule has 0 radical (unpaired) electrons. The van der Waals surface area contributed by atoms with E-state index in [1.807, 2.05) is 12.3 Å². The Balaban J connectivity index is 1.18. The van der Waals surface area contributed by atoms with Crippen molar-refractivity contribution in [3.8, 4) is 28.7 Å². The monoisotopic (exact) mass is 917 g/mol. The number of ether oxygens (including phenoxy) is 1. The summed E-state index contributed by atoms with van der Waals surface area (Å²) in [5.74, 6) is 2.48. The smallest absolute Gasteiger partial charge is 0.0582 e. The third-order valence-electron chi connectivity index (χ3n) is 13.5. The quantitative estimate of drug-likeness (QED) is 0.172. The maximum absolute atomic E-state index is 6.79. The molecule has 0 fully saturated rings. The van der Waals surface area contributed by atoms with Gasteiger partial charge in [0.2, 0.25) is 0 Å². The van der Waals surface area contributed by atoms with E-state index in [1.165, 1.54) is 38.5 Å². The second kappa shape index (κ2) is 12.5. The van der Waals surface area contributed by atoms with E-state index in [0.29, 0.717) is 0 Å². The van der Waals surface area contributed by atoms with Crippen LogP contribution in [0.5, 0.6) is 11.5 Å². The first-order chi connectivity index (χ1) is 26.5. The number of fused-ring (bicyclic) bond motifs is 6. The summed E-state index contributed by atoms with van der Waals surface area (Å²) in [4.78, 5) is 4.98. The van der Waals surface area contributed by atoms with Crippen LogP contribution in [0, 0.1) is 16.1 Å². The van der Waals surface area contributed by atoms with Gasteiger partial charge in [-0.25, -0.2) is 0 Å². The summed E-state index contributed by atoms with van der Waals surface area (Å²) in [5.41, 5.74) is 12.1. The van der Waals surface area contributed by atoms with Crippen molar-refractivity contribution in [2.24, 2.45) is 5.41 Å². The minimum absolute atomic E-state index is 0.0142. The third kappa shape index (κ3) is 5.30. The molecule has 5 nitrogen and oxygen atoms in total. The molecule has 5 aromatic carbocycles. The Morgan fingerprint density at radius 1 is 0.607 bits per heavy atom. The Bertz CT molecular complexity index is 2930. The standard InChI is InChI=1S/C50H50N4O.Pt/c1-32-26-27-51-44(28-32)54-43-30-37(22-23-38(43)39-24-25-40-45(46(39)54)49(7,8)50(9,10)48(40,5)6)55-36-15-13-14-35(29-36)53-31-52(41-16-11-12-17-42(41)53)34-20-18-33(19-21-34)47(2,3)4;/h11-30H,1-10H3;. The molecule has 3 heterocycles. The van der Waals surface area contributed by atoms with Gasteiger partial charge < -0.3 is 0 Å². The zero-order valence-corrected chi connectivity index (χ0v) is 36.3. The summed E-state index contributed by atoms with van der Waals surface area (Å²) in [6, 6.07) is 41.5. The van der Waals surface area contributed by atoms with Gasteiger partial charge in [-0.1, -0.05) is 47.6 Å². The van der Waals surface area contributed by atoms with E-state index >= 15 is 0 Å². The van der Waals surface area contributed by atoms with Crippen LogP contribution in [0.2, 0.25) is 0 Å². The van der Waals surface area contributed by atoms with Crippen molar-refractivity contribution in [3.05, 3.63) is 148 Å². The fourth-order valence-corrected chi connectivity index (χ4v) is 10.3. The molecule has 3 aromatic heterocycles. The molecule has 0 saturated carbocycles. The van der Waals surface area contributed by atoms with Crippen molar-refractivity contribution in [1.82, 2.24) is 18.7 Å².